The maximum Gasteiger partial charge on any atom is 0.166 e. The number of aryl methyl sites for hydroxylation is 1. The molecule has 112 valence electrons. The molecule has 0 saturated carbocycles. The van der Waals surface area contributed by atoms with Crippen molar-refractivity contribution < 1.29 is 13.2 Å². The molecular formula is C17H18F3N. The third kappa shape index (κ3) is 3.45. The Hall–Kier alpha value is -1.81. The predicted molar refractivity (Wildman–Crippen MR) is 78.5 cm³/mol. The molecule has 0 aliphatic rings. The molecule has 2 aromatic carbocycles. The quantitative estimate of drug-likeness (QED) is 0.870. The van der Waals surface area contributed by atoms with E-state index in [0.717, 1.165) is 0 Å². The Morgan fingerprint density at radius 2 is 1.71 bits per heavy atom. The molecule has 0 unspecified atom stereocenters. The van der Waals surface area contributed by atoms with E-state index in [4.69, 9.17) is 0 Å². The summed E-state index contributed by atoms with van der Waals surface area (Å²) in [6, 6.07) is 7.64. The second-order valence-electron chi connectivity index (χ2n) is 5.40. The first kappa shape index (κ1) is 15.6. The van der Waals surface area contributed by atoms with Gasteiger partial charge in [0.1, 0.15) is 5.82 Å². The van der Waals surface area contributed by atoms with Crippen LogP contribution in [0.4, 0.5) is 13.2 Å². The highest BCUT2D eigenvalue weighted by atomic mass is 19.2. The van der Waals surface area contributed by atoms with Crippen LogP contribution in [-0.4, -0.2) is 6.04 Å². The van der Waals surface area contributed by atoms with Crippen molar-refractivity contribution in [3.8, 4) is 11.1 Å². The van der Waals surface area contributed by atoms with Crippen molar-refractivity contribution in [1.82, 2.24) is 5.32 Å². The Morgan fingerprint density at radius 3 is 2.33 bits per heavy atom. The van der Waals surface area contributed by atoms with E-state index in [9.17, 15) is 13.2 Å². The van der Waals surface area contributed by atoms with Crippen LogP contribution in [0, 0.1) is 24.4 Å². The predicted octanol–water partition coefficient (Wildman–Crippen LogP) is 4.58. The summed E-state index contributed by atoms with van der Waals surface area (Å²) in [5.74, 6) is -2.26. The molecule has 1 N–H and O–H groups in total. The number of hydrogen-bond acceptors (Lipinski definition) is 1. The van der Waals surface area contributed by atoms with Gasteiger partial charge in [0.25, 0.3) is 0 Å². The maximum atomic E-state index is 14.0. The fourth-order valence-electron chi connectivity index (χ4n) is 2.04. The summed E-state index contributed by atoms with van der Waals surface area (Å²) in [5, 5.41) is 3.12. The Bertz CT molecular complexity index is 651. The zero-order chi connectivity index (χ0) is 15.6. The summed E-state index contributed by atoms with van der Waals surface area (Å²) in [7, 11) is 0. The van der Waals surface area contributed by atoms with Gasteiger partial charge in [-0.2, -0.15) is 0 Å². The smallest absolute Gasteiger partial charge is 0.166 e. The van der Waals surface area contributed by atoms with Gasteiger partial charge in [-0.25, -0.2) is 13.2 Å². The van der Waals surface area contributed by atoms with Crippen LogP contribution in [0.25, 0.3) is 11.1 Å². The molecule has 0 aliphatic heterocycles. The molecule has 21 heavy (non-hydrogen) atoms. The number of hydrogen-bond donors (Lipinski definition) is 1. The van der Waals surface area contributed by atoms with E-state index in [-0.39, 0.29) is 17.2 Å². The van der Waals surface area contributed by atoms with Gasteiger partial charge >= 0.3 is 0 Å². The lowest BCUT2D eigenvalue weighted by molar-refractivity contribution is 0.505. The zero-order valence-electron chi connectivity index (χ0n) is 12.3. The van der Waals surface area contributed by atoms with E-state index in [1.165, 1.54) is 25.1 Å². The highest BCUT2D eigenvalue weighted by Gasteiger charge is 2.14. The van der Waals surface area contributed by atoms with Crippen molar-refractivity contribution >= 4 is 0 Å². The minimum absolute atomic E-state index is 0.0698. The van der Waals surface area contributed by atoms with E-state index in [1.807, 2.05) is 13.8 Å². The molecule has 0 atom stereocenters. The van der Waals surface area contributed by atoms with Gasteiger partial charge in [0, 0.05) is 23.7 Å². The molecule has 0 bridgehead atoms. The SMILES string of the molecule is Cc1ccc(-c2ccc(CNC(C)C)c(F)c2)c(F)c1F. The summed E-state index contributed by atoms with van der Waals surface area (Å²) in [6.45, 7) is 5.82. The minimum atomic E-state index is -0.942. The van der Waals surface area contributed by atoms with Gasteiger partial charge in [-0.3, -0.25) is 0 Å². The number of nitrogens with one attached hydrogen (secondary N) is 1. The third-order valence-corrected chi connectivity index (χ3v) is 3.34. The molecule has 0 saturated heterocycles. The van der Waals surface area contributed by atoms with E-state index in [2.05, 4.69) is 5.32 Å². The van der Waals surface area contributed by atoms with Crippen LogP contribution in [0.2, 0.25) is 0 Å². The van der Waals surface area contributed by atoms with Crippen LogP contribution in [0.15, 0.2) is 30.3 Å². The van der Waals surface area contributed by atoms with Gasteiger partial charge < -0.3 is 5.32 Å². The standard InChI is InChI=1S/C17H18F3N/c1-10(2)21-9-13-6-5-12(8-15(13)18)14-7-4-11(3)16(19)17(14)20/h4-8,10,21H,9H2,1-3H3. The van der Waals surface area contributed by atoms with Crippen LogP contribution in [0.1, 0.15) is 25.0 Å². The number of halogens is 3. The highest BCUT2D eigenvalue weighted by molar-refractivity contribution is 5.65. The van der Waals surface area contributed by atoms with Crippen molar-refractivity contribution in [3.05, 3.63) is 58.9 Å². The topological polar surface area (TPSA) is 12.0 Å². The molecule has 2 rings (SSSR count). The van der Waals surface area contributed by atoms with Crippen LogP contribution >= 0.6 is 0 Å². The average Bonchev–Trinajstić information content (AvgIpc) is 2.43. The first-order chi connectivity index (χ1) is 9.90. The normalized spacial score (nSPS) is 11.2. The molecule has 1 nitrogen and oxygen atoms in total. The number of benzene rings is 2. The molecule has 0 fully saturated rings. The maximum absolute atomic E-state index is 14.0. The lowest BCUT2D eigenvalue weighted by Crippen LogP contribution is -2.22. The molecule has 0 radical (unpaired) electrons. The van der Waals surface area contributed by atoms with Crippen molar-refractivity contribution in [2.45, 2.75) is 33.4 Å². The summed E-state index contributed by atoms with van der Waals surface area (Å²) < 4.78 is 41.6. The molecule has 0 aromatic heterocycles. The van der Waals surface area contributed by atoms with Crippen molar-refractivity contribution in [3.63, 3.8) is 0 Å². The zero-order valence-corrected chi connectivity index (χ0v) is 12.3. The van der Waals surface area contributed by atoms with E-state index < -0.39 is 17.5 Å². The molecular weight excluding hydrogens is 275 g/mol. The average molecular weight is 293 g/mol. The molecule has 0 heterocycles. The van der Waals surface area contributed by atoms with Crippen molar-refractivity contribution in [2.75, 3.05) is 0 Å². The second-order valence-corrected chi connectivity index (χ2v) is 5.40. The fraction of sp³-hybridized carbons (Fsp3) is 0.294. The van der Waals surface area contributed by atoms with E-state index in [1.54, 1.807) is 12.1 Å². The lowest BCUT2D eigenvalue weighted by Gasteiger charge is -2.11. The van der Waals surface area contributed by atoms with Crippen LogP contribution < -0.4 is 5.32 Å². The first-order valence-corrected chi connectivity index (χ1v) is 6.87. The Labute approximate surface area is 122 Å². The van der Waals surface area contributed by atoms with Gasteiger partial charge in [0.15, 0.2) is 11.6 Å². The molecule has 2 aromatic rings. The van der Waals surface area contributed by atoms with Gasteiger partial charge in [-0.05, 0) is 24.1 Å². The Balaban J connectivity index is 2.34. The highest BCUT2D eigenvalue weighted by Crippen LogP contribution is 2.27. The molecule has 0 amide bonds. The summed E-state index contributed by atoms with van der Waals surface area (Å²) in [6.07, 6.45) is 0. The third-order valence-electron chi connectivity index (χ3n) is 3.34. The lowest BCUT2D eigenvalue weighted by atomic mass is 10.0. The largest absolute Gasteiger partial charge is 0.310 e. The molecule has 4 heteroatoms. The van der Waals surface area contributed by atoms with Gasteiger partial charge in [0.05, 0.1) is 0 Å². The number of rotatable bonds is 4. The fourth-order valence-corrected chi connectivity index (χ4v) is 2.04. The second kappa shape index (κ2) is 6.31. The minimum Gasteiger partial charge on any atom is -0.310 e. The molecule has 0 aliphatic carbocycles. The van der Waals surface area contributed by atoms with E-state index in [0.29, 0.717) is 17.7 Å². The van der Waals surface area contributed by atoms with Gasteiger partial charge in [-0.15, -0.1) is 0 Å². The van der Waals surface area contributed by atoms with Crippen LogP contribution in [0.5, 0.6) is 0 Å². The van der Waals surface area contributed by atoms with Crippen molar-refractivity contribution in [1.29, 1.82) is 0 Å². The van der Waals surface area contributed by atoms with Gasteiger partial charge in [-0.1, -0.05) is 38.1 Å². The molecule has 0 spiro atoms. The first-order valence-electron chi connectivity index (χ1n) is 6.87. The van der Waals surface area contributed by atoms with Crippen molar-refractivity contribution in [2.24, 2.45) is 0 Å². The van der Waals surface area contributed by atoms with Gasteiger partial charge in [0.2, 0.25) is 0 Å². The Kier molecular flexibility index (Phi) is 4.68. The monoisotopic (exact) mass is 293 g/mol. The summed E-state index contributed by atoms with van der Waals surface area (Å²) in [5.41, 5.74) is 1.13. The van der Waals surface area contributed by atoms with Crippen LogP contribution in [0.3, 0.4) is 0 Å². The summed E-state index contributed by atoms with van der Waals surface area (Å²) >= 11 is 0. The van der Waals surface area contributed by atoms with Crippen LogP contribution in [-0.2, 0) is 6.54 Å². The summed E-state index contributed by atoms with van der Waals surface area (Å²) in [4.78, 5) is 0. The Morgan fingerprint density at radius 1 is 1.00 bits per heavy atom. The van der Waals surface area contributed by atoms with E-state index >= 15 is 0 Å².